The molecule has 0 saturated heterocycles. The molecule has 2 N–H and O–H groups in total. The van der Waals surface area contributed by atoms with Crippen LogP contribution in [0.15, 0.2) is 24.3 Å². The normalized spacial score (nSPS) is 11.3. The summed E-state index contributed by atoms with van der Waals surface area (Å²) in [7, 11) is 0. The van der Waals surface area contributed by atoms with Crippen LogP contribution in [0.5, 0.6) is 11.6 Å². The van der Waals surface area contributed by atoms with Crippen molar-refractivity contribution in [3.05, 3.63) is 46.1 Å². The zero-order chi connectivity index (χ0) is 19.6. The predicted octanol–water partition coefficient (Wildman–Crippen LogP) is 4.04. The maximum Gasteiger partial charge on any atom is 0.252 e. The van der Waals surface area contributed by atoms with Crippen LogP contribution in [0.2, 0.25) is 0 Å². The van der Waals surface area contributed by atoms with E-state index in [1.54, 1.807) is 29.5 Å². The van der Waals surface area contributed by atoms with E-state index in [2.05, 4.69) is 30.7 Å². The van der Waals surface area contributed by atoms with Gasteiger partial charge < -0.3 is 10.5 Å². The SMILES string of the molecule is CCN(CC)Cc1nc(Oc2ccccc2C(N)=O)c2c(C)c(C)sc2n1. The Labute approximate surface area is 163 Å². The Morgan fingerprint density at radius 2 is 1.89 bits per heavy atom. The number of ether oxygens (including phenoxy) is 1. The average Bonchev–Trinajstić information content (AvgIpc) is 2.94. The lowest BCUT2D eigenvalue weighted by Crippen LogP contribution is -2.23. The third-order valence-corrected chi connectivity index (χ3v) is 5.76. The van der Waals surface area contributed by atoms with Crippen molar-refractivity contribution >= 4 is 27.5 Å². The summed E-state index contributed by atoms with van der Waals surface area (Å²) in [5.41, 5.74) is 6.92. The smallest absolute Gasteiger partial charge is 0.252 e. The number of fused-ring (bicyclic) bond motifs is 1. The van der Waals surface area contributed by atoms with Crippen molar-refractivity contribution in [3.63, 3.8) is 0 Å². The molecular formula is C20H24N4O2S. The molecule has 3 aromatic rings. The Balaban J connectivity index is 2.11. The van der Waals surface area contributed by atoms with Crippen molar-refractivity contribution in [3.8, 4) is 11.6 Å². The minimum atomic E-state index is -0.530. The van der Waals surface area contributed by atoms with Gasteiger partial charge in [0.05, 0.1) is 17.5 Å². The van der Waals surface area contributed by atoms with Crippen molar-refractivity contribution < 1.29 is 9.53 Å². The second-order valence-corrected chi connectivity index (χ2v) is 7.54. The van der Waals surface area contributed by atoms with E-state index in [0.717, 1.165) is 28.9 Å². The molecule has 1 aromatic carbocycles. The average molecular weight is 385 g/mol. The summed E-state index contributed by atoms with van der Waals surface area (Å²) in [4.78, 5) is 25.5. The molecule has 0 aliphatic rings. The number of nitrogens with two attached hydrogens (primary N) is 1. The van der Waals surface area contributed by atoms with Crippen LogP contribution in [0.3, 0.4) is 0 Å². The molecule has 3 rings (SSSR count). The third kappa shape index (κ3) is 3.94. The van der Waals surface area contributed by atoms with Gasteiger partial charge in [0.1, 0.15) is 16.4 Å². The lowest BCUT2D eigenvalue weighted by Gasteiger charge is -2.17. The van der Waals surface area contributed by atoms with Crippen LogP contribution in [0.4, 0.5) is 0 Å². The van der Waals surface area contributed by atoms with E-state index in [9.17, 15) is 4.79 Å². The minimum absolute atomic E-state index is 0.333. The fourth-order valence-electron chi connectivity index (χ4n) is 2.91. The summed E-state index contributed by atoms with van der Waals surface area (Å²) in [5.74, 6) is 1.05. The number of rotatable bonds is 7. The molecule has 2 heterocycles. The van der Waals surface area contributed by atoms with Crippen LogP contribution in [-0.2, 0) is 6.54 Å². The predicted molar refractivity (Wildman–Crippen MR) is 109 cm³/mol. The number of amides is 1. The van der Waals surface area contributed by atoms with Gasteiger partial charge in [0.25, 0.3) is 5.91 Å². The van der Waals surface area contributed by atoms with Gasteiger partial charge in [0.15, 0.2) is 0 Å². The number of para-hydroxylation sites is 1. The van der Waals surface area contributed by atoms with E-state index in [1.165, 1.54) is 4.88 Å². The number of carbonyl (C=O) groups excluding carboxylic acids is 1. The highest BCUT2D eigenvalue weighted by molar-refractivity contribution is 7.18. The summed E-state index contributed by atoms with van der Waals surface area (Å²) in [6.45, 7) is 10.8. The van der Waals surface area contributed by atoms with Crippen molar-refractivity contribution in [2.75, 3.05) is 13.1 Å². The first kappa shape index (κ1) is 19.3. The van der Waals surface area contributed by atoms with E-state index in [1.807, 2.05) is 13.0 Å². The quantitative estimate of drug-likeness (QED) is 0.665. The van der Waals surface area contributed by atoms with E-state index < -0.39 is 5.91 Å². The Morgan fingerprint density at radius 3 is 2.56 bits per heavy atom. The Hall–Kier alpha value is -2.51. The second kappa shape index (κ2) is 8.02. The number of aromatic nitrogens is 2. The molecular weight excluding hydrogens is 360 g/mol. The zero-order valence-corrected chi connectivity index (χ0v) is 16.9. The maximum atomic E-state index is 11.7. The maximum absolute atomic E-state index is 11.7. The molecule has 0 radical (unpaired) electrons. The number of primary amides is 1. The number of aryl methyl sites for hydroxylation is 2. The largest absolute Gasteiger partial charge is 0.437 e. The first-order chi connectivity index (χ1) is 12.9. The van der Waals surface area contributed by atoms with Crippen LogP contribution in [0.25, 0.3) is 10.2 Å². The molecule has 0 aliphatic carbocycles. The first-order valence-electron chi connectivity index (χ1n) is 9.00. The molecule has 2 aromatic heterocycles. The van der Waals surface area contributed by atoms with E-state index in [4.69, 9.17) is 15.5 Å². The molecule has 0 fully saturated rings. The van der Waals surface area contributed by atoms with Crippen LogP contribution < -0.4 is 10.5 Å². The zero-order valence-electron chi connectivity index (χ0n) is 16.1. The van der Waals surface area contributed by atoms with Crippen molar-refractivity contribution in [2.45, 2.75) is 34.2 Å². The molecule has 0 bridgehead atoms. The molecule has 1 amide bonds. The monoisotopic (exact) mass is 384 g/mol. The molecule has 0 saturated carbocycles. The fourth-order valence-corrected chi connectivity index (χ4v) is 3.95. The van der Waals surface area contributed by atoms with Gasteiger partial charge in [-0.2, -0.15) is 4.98 Å². The number of carbonyl (C=O) groups is 1. The van der Waals surface area contributed by atoms with Crippen LogP contribution in [0.1, 0.15) is 40.5 Å². The number of thiophene rings is 1. The van der Waals surface area contributed by atoms with E-state index >= 15 is 0 Å². The number of hydrogen-bond donors (Lipinski definition) is 1. The second-order valence-electron chi connectivity index (χ2n) is 6.33. The number of nitrogens with zero attached hydrogens (tertiary/aromatic N) is 3. The van der Waals surface area contributed by atoms with Crippen LogP contribution in [-0.4, -0.2) is 33.9 Å². The molecule has 7 heteroatoms. The number of hydrogen-bond acceptors (Lipinski definition) is 6. The van der Waals surface area contributed by atoms with Crippen LogP contribution >= 0.6 is 11.3 Å². The molecule has 142 valence electrons. The summed E-state index contributed by atoms with van der Waals surface area (Å²) in [6.07, 6.45) is 0. The van der Waals surface area contributed by atoms with Gasteiger partial charge in [-0.15, -0.1) is 11.3 Å². The Bertz CT molecular complexity index is 980. The molecule has 6 nitrogen and oxygen atoms in total. The van der Waals surface area contributed by atoms with E-state index in [0.29, 0.717) is 29.6 Å². The lowest BCUT2D eigenvalue weighted by molar-refractivity contribution is 0.0998. The van der Waals surface area contributed by atoms with Gasteiger partial charge in [-0.3, -0.25) is 9.69 Å². The number of benzene rings is 1. The minimum Gasteiger partial charge on any atom is -0.437 e. The van der Waals surface area contributed by atoms with E-state index in [-0.39, 0.29) is 0 Å². The third-order valence-electron chi connectivity index (χ3n) is 4.66. The molecule has 0 atom stereocenters. The Morgan fingerprint density at radius 1 is 1.19 bits per heavy atom. The standard InChI is InChI=1S/C20H24N4O2S/c1-5-24(6-2)11-16-22-19(17-12(3)13(4)27-20(17)23-16)26-15-10-8-7-9-14(15)18(21)25/h7-10H,5-6,11H2,1-4H3,(H2,21,25). The fraction of sp³-hybridized carbons (Fsp3) is 0.350. The van der Waals surface area contributed by atoms with Crippen molar-refractivity contribution in [1.82, 2.24) is 14.9 Å². The molecule has 0 spiro atoms. The lowest BCUT2D eigenvalue weighted by atomic mass is 10.2. The van der Waals surface area contributed by atoms with Gasteiger partial charge >= 0.3 is 0 Å². The molecule has 0 aliphatic heterocycles. The molecule has 27 heavy (non-hydrogen) atoms. The summed E-state index contributed by atoms with van der Waals surface area (Å²) < 4.78 is 6.10. The highest BCUT2D eigenvalue weighted by Gasteiger charge is 2.19. The van der Waals surface area contributed by atoms with Gasteiger partial charge in [-0.1, -0.05) is 26.0 Å². The molecule has 0 unspecified atom stereocenters. The van der Waals surface area contributed by atoms with Gasteiger partial charge in [-0.05, 0) is 44.6 Å². The van der Waals surface area contributed by atoms with Crippen LogP contribution in [0, 0.1) is 13.8 Å². The summed E-state index contributed by atoms with van der Waals surface area (Å²) in [5, 5.41) is 0.889. The first-order valence-corrected chi connectivity index (χ1v) is 9.81. The van der Waals surface area contributed by atoms with Gasteiger partial charge in [-0.25, -0.2) is 4.98 Å². The van der Waals surface area contributed by atoms with Gasteiger partial charge in [0.2, 0.25) is 5.88 Å². The summed E-state index contributed by atoms with van der Waals surface area (Å²) in [6, 6.07) is 6.95. The highest BCUT2D eigenvalue weighted by atomic mass is 32.1. The summed E-state index contributed by atoms with van der Waals surface area (Å²) >= 11 is 1.63. The topological polar surface area (TPSA) is 81.3 Å². The van der Waals surface area contributed by atoms with Crippen molar-refractivity contribution in [2.24, 2.45) is 5.73 Å². The van der Waals surface area contributed by atoms with Gasteiger partial charge in [0, 0.05) is 4.88 Å². The Kier molecular flexibility index (Phi) is 5.72. The van der Waals surface area contributed by atoms with Crippen molar-refractivity contribution in [1.29, 1.82) is 0 Å². The highest BCUT2D eigenvalue weighted by Crippen LogP contribution is 2.37.